The minimum absolute atomic E-state index is 0.220. The lowest BCUT2D eigenvalue weighted by molar-refractivity contribution is -0.0436. The quantitative estimate of drug-likeness (QED) is 0.0611. The van der Waals surface area contributed by atoms with Gasteiger partial charge in [0.25, 0.3) is 0 Å². The monoisotopic (exact) mass is 732 g/mol. The van der Waals surface area contributed by atoms with Crippen LogP contribution in [0.2, 0.25) is 0 Å². The second-order valence-electron chi connectivity index (χ2n) is 10.3. The first-order valence-corrected chi connectivity index (χ1v) is 17.6. The number of nitrogens with one attached hydrogen (secondary N) is 2. The van der Waals surface area contributed by atoms with Crippen LogP contribution in [0.25, 0.3) is 22.3 Å². The Balaban J connectivity index is 1.07. The molecule has 256 valence electrons. The molecule has 4 unspecified atom stereocenters. The number of hydrogen-bond donors (Lipinski definition) is 6. The maximum atomic E-state index is 15.2. The van der Waals surface area contributed by atoms with E-state index in [-0.39, 0.29) is 11.3 Å². The molecule has 0 amide bonds. The molecule has 0 aliphatic carbocycles. The van der Waals surface area contributed by atoms with Crippen molar-refractivity contribution in [2.45, 2.75) is 49.2 Å². The van der Waals surface area contributed by atoms with Gasteiger partial charge >= 0.3 is 15.5 Å². The molecule has 0 spiro atoms. The fourth-order valence-electron chi connectivity index (χ4n) is 5.40. The van der Waals surface area contributed by atoms with Crippen molar-refractivity contribution in [3.05, 3.63) is 37.5 Å². The summed E-state index contributed by atoms with van der Waals surface area (Å²) in [5.41, 5.74) is 1.12. The van der Waals surface area contributed by atoms with Gasteiger partial charge < -0.3 is 30.3 Å². The zero-order chi connectivity index (χ0) is 33.9. The average molecular weight is 733 g/mol. The van der Waals surface area contributed by atoms with E-state index in [4.69, 9.17) is 23.4 Å². The number of halogens is 2. The van der Waals surface area contributed by atoms with E-state index in [1.54, 1.807) is 12.2 Å². The molecule has 0 bridgehead atoms. The molecule has 4 aromatic rings. The van der Waals surface area contributed by atoms with Crippen molar-refractivity contribution in [1.82, 2.24) is 39.0 Å². The van der Waals surface area contributed by atoms with Gasteiger partial charge in [0.2, 0.25) is 0 Å². The van der Waals surface area contributed by atoms with E-state index >= 15 is 8.78 Å². The van der Waals surface area contributed by atoms with Gasteiger partial charge in [0.15, 0.2) is 71.0 Å². The Kier molecular flexibility index (Phi) is 10.8. The van der Waals surface area contributed by atoms with E-state index in [2.05, 4.69) is 52.8 Å². The number of thiol groups is 1. The molecule has 0 aromatic carbocycles. The molecule has 2 saturated heterocycles. The Hall–Kier alpha value is -3.43. The van der Waals surface area contributed by atoms with Crippen molar-refractivity contribution >= 4 is 61.7 Å². The lowest BCUT2D eigenvalue weighted by atomic mass is 10.1. The van der Waals surface area contributed by atoms with Gasteiger partial charge in [0.05, 0.1) is 25.9 Å². The topological polar surface area (TPSA) is 243 Å². The Morgan fingerprint density at radius 1 is 0.812 bits per heavy atom. The second kappa shape index (κ2) is 15.0. The molecule has 10 atom stereocenters. The lowest BCUT2D eigenvalue weighted by Crippen LogP contribution is -2.32. The molecule has 24 heteroatoms. The zero-order valence-electron chi connectivity index (χ0n) is 24.4. The number of aromatic nitrogens is 8. The summed E-state index contributed by atoms with van der Waals surface area (Å²) in [4.78, 5) is 34.4. The summed E-state index contributed by atoms with van der Waals surface area (Å²) in [5, 5.41) is 25.3. The smallest absolute Gasteiger partial charge is 0.394 e. The van der Waals surface area contributed by atoms with E-state index in [1.807, 2.05) is 0 Å². The summed E-state index contributed by atoms with van der Waals surface area (Å²) >= 11 is 3.67. The first-order valence-electron chi connectivity index (χ1n) is 14.2. The first-order chi connectivity index (χ1) is 23.2. The molecule has 6 heterocycles. The van der Waals surface area contributed by atoms with Gasteiger partial charge in [0.1, 0.15) is 37.1 Å². The summed E-state index contributed by atoms with van der Waals surface area (Å²) in [5.74, 6) is 0.704. The van der Waals surface area contributed by atoms with Crippen molar-refractivity contribution in [3.63, 3.8) is 0 Å². The van der Waals surface area contributed by atoms with Gasteiger partial charge in [-0.15, -0.1) is 13.9 Å². The third kappa shape index (κ3) is 6.86. The molecule has 6 rings (SSSR count). The molecule has 19 nitrogen and oxygen atoms in total. The van der Waals surface area contributed by atoms with Gasteiger partial charge in [-0.05, 0) is 4.57 Å². The van der Waals surface area contributed by atoms with Crippen LogP contribution in [0.3, 0.4) is 0 Å². The number of aliphatic hydroxyl groups is 2. The maximum absolute atomic E-state index is 15.2. The van der Waals surface area contributed by atoms with Crippen LogP contribution in [-0.4, -0.2) is 117 Å². The minimum atomic E-state index is -3.13. The van der Waals surface area contributed by atoms with Gasteiger partial charge in [-0.2, -0.15) is 0 Å². The largest absolute Gasteiger partial charge is 0.695 e. The number of rotatable bonds is 14. The van der Waals surface area contributed by atoms with Gasteiger partial charge in [-0.3, -0.25) is 9.13 Å². The number of aliphatic hydroxyl groups excluding tert-OH is 2. The number of nitrogens with zero attached hydrogens (tertiary/aromatic N) is 8. The van der Waals surface area contributed by atoms with Crippen molar-refractivity contribution in [2.75, 3.05) is 36.9 Å². The third-order valence-corrected chi connectivity index (χ3v) is 8.66. The predicted molar refractivity (Wildman–Crippen MR) is 165 cm³/mol. The highest BCUT2D eigenvalue weighted by Gasteiger charge is 2.52. The average Bonchev–Trinajstić information content (AvgIpc) is 3.83. The van der Waals surface area contributed by atoms with E-state index < -0.39 is 77.9 Å². The van der Waals surface area contributed by atoms with Crippen LogP contribution in [0.1, 0.15) is 12.5 Å². The summed E-state index contributed by atoms with van der Waals surface area (Å²) in [6, 6.07) is 0. The highest BCUT2D eigenvalue weighted by atomic mass is 32.7. The van der Waals surface area contributed by atoms with E-state index in [0.717, 1.165) is 0 Å². The van der Waals surface area contributed by atoms with Crippen molar-refractivity contribution in [1.29, 1.82) is 0 Å². The Morgan fingerprint density at radius 3 is 1.69 bits per heavy atom. The highest BCUT2D eigenvalue weighted by molar-refractivity contribution is 8.39. The summed E-state index contributed by atoms with van der Waals surface area (Å²) in [6.07, 6.45) is -2.57. The SMILES string of the molecule is O=[P+](O)O[C@@H]1C(CO)O[C@@H](n2cnc3c(NC/C=C/CNc4ncnc5c4ncn5[C@@H]4OC(CO)[C@@H](O[P+](=O)S)[C@H]4F)ncnc32)[C@@H]1F. The van der Waals surface area contributed by atoms with Gasteiger partial charge in [0, 0.05) is 17.7 Å². The van der Waals surface area contributed by atoms with E-state index in [1.165, 1.54) is 34.4 Å². The van der Waals surface area contributed by atoms with Crippen LogP contribution in [0, 0.1) is 0 Å². The van der Waals surface area contributed by atoms with Crippen LogP contribution in [0.5, 0.6) is 0 Å². The predicted octanol–water partition coefficient (Wildman–Crippen LogP) is 1.51. The third-order valence-electron chi connectivity index (χ3n) is 7.52. The molecule has 48 heavy (non-hydrogen) atoms. The summed E-state index contributed by atoms with van der Waals surface area (Å²) in [6.45, 7) is -0.585. The van der Waals surface area contributed by atoms with E-state index in [0.29, 0.717) is 35.8 Å². The molecule has 5 N–H and O–H groups in total. The van der Waals surface area contributed by atoms with Crippen LogP contribution in [0.15, 0.2) is 37.5 Å². The molecule has 2 aliphatic heterocycles. The van der Waals surface area contributed by atoms with Crippen molar-refractivity contribution < 1.29 is 51.5 Å². The number of imidazole rings is 2. The second-order valence-corrected chi connectivity index (χ2v) is 12.7. The molecular weight excluding hydrogens is 704 g/mol. The number of alkyl halides is 2. The summed E-state index contributed by atoms with van der Waals surface area (Å²) in [7, 11) is -5.57. The molecule has 2 fully saturated rings. The maximum Gasteiger partial charge on any atom is 0.695 e. The normalized spacial score (nSPS) is 28.1. The molecular formula is C24H28F2N10O9P2S+2. The molecule has 4 aromatic heterocycles. The fraction of sp³-hybridized carbons (Fsp3) is 0.500. The van der Waals surface area contributed by atoms with Crippen LogP contribution < -0.4 is 10.6 Å². The molecule has 2 aliphatic rings. The zero-order valence-corrected chi connectivity index (χ0v) is 27.1. The highest BCUT2D eigenvalue weighted by Crippen LogP contribution is 2.42. The number of ether oxygens (including phenoxy) is 2. The van der Waals surface area contributed by atoms with Crippen LogP contribution in [-0.2, 0) is 27.7 Å². The van der Waals surface area contributed by atoms with Crippen molar-refractivity contribution in [2.24, 2.45) is 0 Å². The fourth-order valence-corrected chi connectivity index (χ4v) is 6.65. The number of fused-ring (bicyclic) bond motifs is 2. The standard InChI is InChI=1S/C24H26F2N10O9P2S/c25-13-17(44-46(39)40)11(5-37)42-23(13)35-9-33-15-19(29-7-31-21(15)35)27-3-1-2-4-28-20-16-22(32-8-30-20)36(10-34-16)24-14(26)18(45-47(41)48)12(6-38)43-24/h1-2,7-14,17-18,23-24,37-38H,3-6H2,(H2-2,27,28,29,30,31,32,39,40,41,48)/p+2/b2-1+/t11?,12?,13-,14-,17-,18-,23-,24-/m1/s1. The van der Waals surface area contributed by atoms with E-state index in [9.17, 15) is 19.3 Å². The van der Waals surface area contributed by atoms with Crippen LogP contribution >= 0.6 is 27.7 Å². The van der Waals surface area contributed by atoms with Crippen LogP contribution in [0.4, 0.5) is 20.4 Å². The van der Waals surface area contributed by atoms with Gasteiger partial charge in [-0.1, -0.05) is 12.2 Å². The Morgan fingerprint density at radius 2 is 1.27 bits per heavy atom. The number of hydrogen-bond acceptors (Lipinski definition) is 16. The first kappa shape index (κ1) is 34.4. The summed E-state index contributed by atoms with van der Waals surface area (Å²) < 4.78 is 76.5. The number of anilines is 2. The molecule has 0 saturated carbocycles. The lowest BCUT2D eigenvalue weighted by Gasteiger charge is -2.15. The van der Waals surface area contributed by atoms with Crippen molar-refractivity contribution in [3.8, 4) is 0 Å². The minimum Gasteiger partial charge on any atom is -0.394 e. The Labute approximate surface area is 275 Å². The van der Waals surface area contributed by atoms with Gasteiger partial charge in [-0.25, -0.2) is 38.7 Å². The molecule has 0 radical (unpaired) electrons. The Bertz CT molecular complexity index is 1700.